The van der Waals surface area contributed by atoms with Crippen LogP contribution in [0.25, 0.3) is 0 Å². The molecule has 1 atom stereocenters. The second-order valence-electron chi connectivity index (χ2n) is 4.71. The first-order valence-electron chi connectivity index (χ1n) is 5.52. The van der Waals surface area contributed by atoms with Crippen LogP contribution >= 0.6 is 12.4 Å². The highest BCUT2D eigenvalue weighted by molar-refractivity contribution is 5.85. The summed E-state index contributed by atoms with van der Waals surface area (Å²) in [4.78, 5) is 0. The van der Waals surface area contributed by atoms with Crippen LogP contribution in [0, 0.1) is 20.8 Å². The first-order chi connectivity index (χ1) is 7.39. The molecule has 1 unspecified atom stereocenters. The van der Waals surface area contributed by atoms with E-state index in [0.29, 0.717) is 0 Å². The van der Waals surface area contributed by atoms with Crippen molar-refractivity contribution in [3.8, 4) is 5.75 Å². The van der Waals surface area contributed by atoms with Gasteiger partial charge in [0.15, 0.2) is 0 Å². The highest BCUT2D eigenvalue weighted by Gasteiger charge is 2.37. The van der Waals surface area contributed by atoms with Gasteiger partial charge in [-0.1, -0.05) is 0 Å². The van der Waals surface area contributed by atoms with Gasteiger partial charge in [-0.15, -0.1) is 12.4 Å². The SMILES string of the molecule is COC1(C)Cc2c(C)c(N)c(C)c(C)c2O1.Cl. The molecule has 17 heavy (non-hydrogen) atoms. The number of fused-ring (bicyclic) bond motifs is 1. The van der Waals surface area contributed by atoms with Crippen molar-refractivity contribution in [1.82, 2.24) is 0 Å². The van der Waals surface area contributed by atoms with Crippen LogP contribution in [0.5, 0.6) is 5.75 Å². The number of nitrogen functional groups attached to an aromatic ring is 1. The zero-order chi connectivity index (χ0) is 12.1. The monoisotopic (exact) mass is 257 g/mol. The largest absolute Gasteiger partial charge is 0.462 e. The molecule has 1 heterocycles. The maximum atomic E-state index is 6.09. The van der Waals surface area contributed by atoms with E-state index in [9.17, 15) is 0 Å². The molecule has 0 saturated carbocycles. The number of rotatable bonds is 1. The summed E-state index contributed by atoms with van der Waals surface area (Å²) >= 11 is 0. The average molecular weight is 258 g/mol. The third-order valence-corrected chi connectivity index (χ3v) is 3.69. The van der Waals surface area contributed by atoms with Crippen LogP contribution in [0.2, 0.25) is 0 Å². The molecule has 1 aromatic carbocycles. The molecule has 0 bridgehead atoms. The Morgan fingerprint density at radius 3 is 2.29 bits per heavy atom. The molecule has 0 spiro atoms. The number of nitrogens with two attached hydrogens (primary N) is 1. The van der Waals surface area contributed by atoms with Gasteiger partial charge in [0.2, 0.25) is 5.79 Å². The molecular formula is C13H20ClNO2. The van der Waals surface area contributed by atoms with Crippen molar-refractivity contribution in [3.05, 3.63) is 22.3 Å². The van der Waals surface area contributed by atoms with Crippen molar-refractivity contribution in [2.75, 3.05) is 12.8 Å². The second kappa shape index (κ2) is 4.39. The topological polar surface area (TPSA) is 44.5 Å². The van der Waals surface area contributed by atoms with E-state index >= 15 is 0 Å². The minimum absolute atomic E-state index is 0. The van der Waals surface area contributed by atoms with Gasteiger partial charge in [0.25, 0.3) is 0 Å². The molecule has 0 aromatic heterocycles. The Balaban J connectivity index is 0.00000144. The Labute approximate surface area is 109 Å². The van der Waals surface area contributed by atoms with E-state index in [-0.39, 0.29) is 12.4 Å². The van der Waals surface area contributed by atoms with E-state index in [1.165, 1.54) is 5.56 Å². The molecule has 0 amide bonds. The average Bonchev–Trinajstić information content (AvgIpc) is 2.63. The molecule has 0 fully saturated rings. The summed E-state index contributed by atoms with van der Waals surface area (Å²) in [6, 6.07) is 0. The number of ether oxygens (including phenoxy) is 2. The number of anilines is 1. The Bertz CT molecular complexity index is 420. The summed E-state index contributed by atoms with van der Waals surface area (Å²) in [6.45, 7) is 8.08. The lowest BCUT2D eigenvalue weighted by Crippen LogP contribution is -2.32. The molecule has 2 N–H and O–H groups in total. The number of methoxy groups -OCH3 is 1. The number of hydrogen-bond donors (Lipinski definition) is 1. The Morgan fingerprint density at radius 2 is 1.76 bits per heavy atom. The van der Waals surface area contributed by atoms with Gasteiger partial charge in [-0.05, 0) is 37.5 Å². The van der Waals surface area contributed by atoms with Crippen LogP contribution in [-0.4, -0.2) is 12.9 Å². The van der Waals surface area contributed by atoms with Gasteiger partial charge in [-0.3, -0.25) is 0 Å². The van der Waals surface area contributed by atoms with Gasteiger partial charge in [-0.2, -0.15) is 0 Å². The van der Waals surface area contributed by atoms with Gasteiger partial charge >= 0.3 is 0 Å². The molecule has 1 aliphatic rings. The Hall–Kier alpha value is -0.930. The summed E-state index contributed by atoms with van der Waals surface area (Å²) < 4.78 is 11.3. The van der Waals surface area contributed by atoms with Crippen LogP contribution in [0.4, 0.5) is 5.69 Å². The van der Waals surface area contributed by atoms with E-state index < -0.39 is 5.79 Å². The number of halogens is 1. The highest BCUT2D eigenvalue weighted by atomic mass is 35.5. The van der Waals surface area contributed by atoms with E-state index in [0.717, 1.165) is 34.5 Å². The van der Waals surface area contributed by atoms with Crippen molar-refractivity contribution < 1.29 is 9.47 Å². The third-order valence-electron chi connectivity index (χ3n) is 3.69. The van der Waals surface area contributed by atoms with E-state index in [1.54, 1.807) is 7.11 Å². The summed E-state index contributed by atoms with van der Waals surface area (Å²) in [7, 11) is 1.67. The molecule has 3 nitrogen and oxygen atoms in total. The van der Waals surface area contributed by atoms with E-state index in [4.69, 9.17) is 15.2 Å². The number of benzene rings is 1. The van der Waals surface area contributed by atoms with Crippen molar-refractivity contribution >= 4 is 18.1 Å². The van der Waals surface area contributed by atoms with Crippen molar-refractivity contribution in [3.63, 3.8) is 0 Å². The smallest absolute Gasteiger partial charge is 0.211 e. The molecule has 0 radical (unpaired) electrons. The van der Waals surface area contributed by atoms with E-state index in [2.05, 4.69) is 0 Å². The Kier molecular flexibility index (Phi) is 3.65. The number of hydrogen-bond acceptors (Lipinski definition) is 3. The summed E-state index contributed by atoms with van der Waals surface area (Å²) in [5.41, 5.74) is 11.5. The minimum atomic E-state index is -0.544. The fourth-order valence-corrected chi connectivity index (χ4v) is 2.25. The van der Waals surface area contributed by atoms with Gasteiger partial charge < -0.3 is 15.2 Å². The van der Waals surface area contributed by atoms with Crippen LogP contribution in [0.3, 0.4) is 0 Å². The lowest BCUT2D eigenvalue weighted by Gasteiger charge is -2.22. The zero-order valence-electron chi connectivity index (χ0n) is 11.0. The molecule has 0 saturated heterocycles. The Morgan fingerprint density at radius 1 is 1.18 bits per heavy atom. The van der Waals surface area contributed by atoms with Gasteiger partial charge in [-0.25, -0.2) is 0 Å². The lowest BCUT2D eigenvalue weighted by molar-refractivity contribution is -0.134. The molecule has 96 valence electrons. The fraction of sp³-hybridized carbons (Fsp3) is 0.538. The molecule has 1 aromatic rings. The summed E-state index contributed by atoms with van der Waals surface area (Å²) in [5, 5.41) is 0. The fourth-order valence-electron chi connectivity index (χ4n) is 2.25. The lowest BCUT2D eigenvalue weighted by atomic mass is 9.95. The van der Waals surface area contributed by atoms with Gasteiger partial charge in [0.05, 0.1) is 0 Å². The van der Waals surface area contributed by atoms with Gasteiger partial charge in [0.1, 0.15) is 5.75 Å². The maximum Gasteiger partial charge on any atom is 0.211 e. The quantitative estimate of drug-likeness (QED) is 0.787. The summed E-state index contributed by atoms with van der Waals surface area (Å²) in [5.74, 6) is 0.409. The van der Waals surface area contributed by atoms with Crippen molar-refractivity contribution in [1.29, 1.82) is 0 Å². The first-order valence-corrected chi connectivity index (χ1v) is 5.52. The summed E-state index contributed by atoms with van der Waals surface area (Å²) in [6.07, 6.45) is 0.760. The first kappa shape index (κ1) is 14.1. The van der Waals surface area contributed by atoms with Crippen LogP contribution in [0.15, 0.2) is 0 Å². The second-order valence-corrected chi connectivity index (χ2v) is 4.71. The van der Waals surface area contributed by atoms with Crippen LogP contribution in [-0.2, 0) is 11.2 Å². The molecule has 1 aliphatic heterocycles. The molecular weight excluding hydrogens is 238 g/mol. The molecule has 2 rings (SSSR count). The van der Waals surface area contributed by atoms with E-state index in [1.807, 2.05) is 27.7 Å². The minimum Gasteiger partial charge on any atom is -0.462 e. The van der Waals surface area contributed by atoms with Gasteiger partial charge in [0, 0.05) is 31.7 Å². The third kappa shape index (κ3) is 1.98. The highest BCUT2D eigenvalue weighted by Crippen LogP contribution is 2.43. The predicted octanol–water partition coefficient (Wildman–Crippen LogP) is 2.91. The standard InChI is InChI=1S/C13H19NO2.ClH/c1-7-8(2)12-10(9(3)11(7)14)6-13(4,15-5)16-12;/h6,14H2,1-5H3;1H. The van der Waals surface area contributed by atoms with Crippen molar-refractivity contribution in [2.24, 2.45) is 0 Å². The van der Waals surface area contributed by atoms with Crippen LogP contribution < -0.4 is 10.5 Å². The molecule has 0 aliphatic carbocycles. The molecule has 4 heteroatoms. The predicted molar refractivity (Wildman–Crippen MR) is 72.1 cm³/mol. The van der Waals surface area contributed by atoms with Crippen LogP contribution in [0.1, 0.15) is 29.2 Å². The maximum absolute atomic E-state index is 6.09. The van der Waals surface area contributed by atoms with Crippen molar-refractivity contribution in [2.45, 2.75) is 39.9 Å². The normalized spacial score (nSPS) is 21.7. The zero-order valence-corrected chi connectivity index (χ0v) is 11.8.